The van der Waals surface area contributed by atoms with Gasteiger partial charge in [0.15, 0.2) is 0 Å². The van der Waals surface area contributed by atoms with Crippen LogP contribution in [0, 0.1) is 11.8 Å². The van der Waals surface area contributed by atoms with Gasteiger partial charge in [0.2, 0.25) is 10.0 Å². The second-order valence-corrected chi connectivity index (χ2v) is 7.02. The van der Waals surface area contributed by atoms with Crippen LogP contribution < -0.4 is 0 Å². The van der Waals surface area contributed by atoms with E-state index in [0.29, 0.717) is 17.6 Å². The molecule has 0 amide bonds. The third-order valence-corrected chi connectivity index (χ3v) is 4.87. The molecule has 15 heavy (non-hydrogen) atoms. The second-order valence-electron chi connectivity index (χ2n) is 4.93. The summed E-state index contributed by atoms with van der Waals surface area (Å²) in [4.78, 5) is 0. The maximum absolute atomic E-state index is 12.0. The van der Waals surface area contributed by atoms with Crippen LogP contribution in [0.4, 0.5) is 0 Å². The second kappa shape index (κ2) is 5.30. The van der Waals surface area contributed by atoms with Gasteiger partial charge in [-0.2, -0.15) is 0 Å². The Bertz CT molecular complexity index is 277. The minimum atomic E-state index is -2.98. The Hall–Kier alpha value is -0.0900. The van der Waals surface area contributed by atoms with Crippen LogP contribution in [0.15, 0.2) is 0 Å². The molecule has 1 rings (SSSR count). The first kappa shape index (κ1) is 13.0. The van der Waals surface area contributed by atoms with Gasteiger partial charge in [0.05, 0.1) is 5.75 Å². The monoisotopic (exact) mass is 233 g/mol. The maximum atomic E-state index is 12.0. The highest BCUT2D eigenvalue weighted by Gasteiger charge is 2.29. The van der Waals surface area contributed by atoms with E-state index in [-0.39, 0.29) is 0 Å². The highest BCUT2D eigenvalue weighted by molar-refractivity contribution is 7.89. The van der Waals surface area contributed by atoms with Crippen molar-refractivity contribution in [1.29, 1.82) is 0 Å². The molecule has 0 spiro atoms. The van der Waals surface area contributed by atoms with Crippen molar-refractivity contribution < 1.29 is 8.42 Å². The topological polar surface area (TPSA) is 37.4 Å². The van der Waals surface area contributed by atoms with E-state index in [1.807, 2.05) is 6.92 Å². The zero-order valence-electron chi connectivity index (χ0n) is 10.1. The summed E-state index contributed by atoms with van der Waals surface area (Å²) in [6.07, 6.45) is 2.87. The Labute approximate surface area is 93.9 Å². The maximum Gasteiger partial charge on any atom is 0.214 e. The molecule has 1 heterocycles. The molecule has 0 aromatic rings. The first-order valence-corrected chi connectivity index (χ1v) is 7.54. The molecule has 3 nitrogen and oxygen atoms in total. The van der Waals surface area contributed by atoms with Gasteiger partial charge in [-0.3, -0.25) is 0 Å². The van der Waals surface area contributed by atoms with E-state index in [2.05, 4.69) is 13.8 Å². The Balaban J connectivity index is 2.61. The number of piperidine rings is 1. The van der Waals surface area contributed by atoms with Crippen molar-refractivity contribution in [2.75, 3.05) is 18.8 Å². The summed E-state index contributed by atoms with van der Waals surface area (Å²) in [7, 11) is -2.98. The number of unbranched alkanes of at least 4 members (excludes halogenated alkanes) is 1. The van der Waals surface area contributed by atoms with E-state index in [1.54, 1.807) is 4.31 Å². The lowest BCUT2D eigenvalue weighted by Gasteiger charge is -2.34. The Morgan fingerprint density at radius 3 is 2.20 bits per heavy atom. The lowest BCUT2D eigenvalue weighted by Crippen LogP contribution is -2.43. The van der Waals surface area contributed by atoms with Crippen molar-refractivity contribution in [1.82, 2.24) is 4.31 Å². The van der Waals surface area contributed by atoms with Crippen molar-refractivity contribution in [2.24, 2.45) is 11.8 Å². The van der Waals surface area contributed by atoms with Gasteiger partial charge in [-0.1, -0.05) is 27.2 Å². The van der Waals surface area contributed by atoms with Crippen LogP contribution in [0.1, 0.15) is 40.0 Å². The van der Waals surface area contributed by atoms with Crippen LogP contribution in [-0.4, -0.2) is 31.6 Å². The van der Waals surface area contributed by atoms with Crippen molar-refractivity contribution in [3.63, 3.8) is 0 Å². The summed E-state index contributed by atoms with van der Waals surface area (Å²) < 4.78 is 25.6. The van der Waals surface area contributed by atoms with Crippen LogP contribution in [0.2, 0.25) is 0 Å². The average molecular weight is 233 g/mol. The molecule has 0 radical (unpaired) electrons. The van der Waals surface area contributed by atoms with Crippen LogP contribution in [0.25, 0.3) is 0 Å². The quantitative estimate of drug-likeness (QED) is 0.745. The molecule has 0 saturated carbocycles. The smallest absolute Gasteiger partial charge is 0.212 e. The summed E-state index contributed by atoms with van der Waals surface area (Å²) in [6, 6.07) is 0. The molecule has 1 saturated heterocycles. The van der Waals surface area contributed by atoms with Gasteiger partial charge < -0.3 is 0 Å². The lowest BCUT2D eigenvalue weighted by atomic mass is 9.94. The van der Waals surface area contributed by atoms with E-state index in [0.717, 1.165) is 32.4 Å². The minimum absolute atomic E-state index is 0.322. The van der Waals surface area contributed by atoms with Gasteiger partial charge in [-0.05, 0) is 24.7 Å². The minimum Gasteiger partial charge on any atom is -0.212 e. The van der Waals surface area contributed by atoms with Crippen molar-refractivity contribution >= 4 is 10.0 Å². The molecule has 0 N–H and O–H groups in total. The fourth-order valence-electron chi connectivity index (χ4n) is 2.29. The summed E-state index contributed by atoms with van der Waals surface area (Å²) in [6.45, 7) is 7.74. The standard InChI is InChI=1S/C11H23NO2S/c1-4-5-6-15(13,14)12-8-10(2)7-11(3)9-12/h10-11H,4-9H2,1-3H3. The highest BCUT2D eigenvalue weighted by atomic mass is 32.2. The third kappa shape index (κ3) is 3.76. The highest BCUT2D eigenvalue weighted by Crippen LogP contribution is 2.23. The van der Waals surface area contributed by atoms with Crippen molar-refractivity contribution in [2.45, 2.75) is 40.0 Å². The molecule has 1 aliphatic heterocycles. The Morgan fingerprint density at radius 2 is 1.73 bits per heavy atom. The number of sulfonamides is 1. The fourth-order valence-corrected chi connectivity index (χ4v) is 4.16. The first-order valence-electron chi connectivity index (χ1n) is 5.93. The molecule has 0 aromatic carbocycles. The Morgan fingerprint density at radius 1 is 1.20 bits per heavy atom. The predicted octanol–water partition coefficient (Wildman–Crippen LogP) is 2.09. The number of nitrogens with zero attached hydrogens (tertiary/aromatic N) is 1. The number of rotatable bonds is 4. The van der Waals surface area contributed by atoms with Crippen molar-refractivity contribution in [3.8, 4) is 0 Å². The molecule has 1 fully saturated rings. The van der Waals surface area contributed by atoms with Crippen LogP contribution in [-0.2, 0) is 10.0 Å². The van der Waals surface area contributed by atoms with Gasteiger partial charge in [-0.15, -0.1) is 0 Å². The predicted molar refractivity (Wildman–Crippen MR) is 63.2 cm³/mol. The van der Waals surface area contributed by atoms with Gasteiger partial charge in [0.1, 0.15) is 0 Å². The molecule has 1 aliphatic rings. The van der Waals surface area contributed by atoms with Gasteiger partial charge in [0.25, 0.3) is 0 Å². The van der Waals surface area contributed by atoms with Crippen LogP contribution in [0.3, 0.4) is 0 Å². The zero-order valence-corrected chi connectivity index (χ0v) is 10.9. The number of hydrogen-bond donors (Lipinski definition) is 0. The SMILES string of the molecule is CCCCS(=O)(=O)N1CC(C)CC(C)C1. The molecule has 0 bridgehead atoms. The molecule has 2 unspecified atom stereocenters. The zero-order chi connectivity index (χ0) is 11.5. The summed E-state index contributed by atoms with van der Waals surface area (Å²) >= 11 is 0. The molecule has 2 atom stereocenters. The van der Waals surface area contributed by atoms with E-state index in [9.17, 15) is 8.42 Å². The summed E-state index contributed by atoms with van der Waals surface area (Å²) in [5, 5.41) is 0. The first-order chi connectivity index (χ1) is 6.95. The summed E-state index contributed by atoms with van der Waals surface area (Å²) in [5.74, 6) is 1.33. The Kier molecular flexibility index (Phi) is 4.59. The van der Waals surface area contributed by atoms with E-state index >= 15 is 0 Å². The molecule has 0 aromatic heterocycles. The number of hydrogen-bond acceptors (Lipinski definition) is 2. The van der Waals surface area contributed by atoms with E-state index < -0.39 is 10.0 Å². The van der Waals surface area contributed by atoms with Gasteiger partial charge in [0, 0.05) is 13.1 Å². The average Bonchev–Trinajstić information content (AvgIpc) is 2.13. The van der Waals surface area contributed by atoms with Gasteiger partial charge in [-0.25, -0.2) is 12.7 Å². The van der Waals surface area contributed by atoms with Crippen molar-refractivity contribution in [3.05, 3.63) is 0 Å². The lowest BCUT2D eigenvalue weighted by molar-refractivity contribution is 0.222. The van der Waals surface area contributed by atoms with E-state index in [4.69, 9.17) is 0 Å². The third-order valence-electron chi connectivity index (χ3n) is 2.98. The van der Waals surface area contributed by atoms with Gasteiger partial charge >= 0.3 is 0 Å². The molecule has 0 aliphatic carbocycles. The van der Waals surface area contributed by atoms with Crippen LogP contribution in [0.5, 0.6) is 0 Å². The fraction of sp³-hybridized carbons (Fsp3) is 1.00. The normalized spacial score (nSPS) is 29.3. The summed E-state index contributed by atoms with van der Waals surface area (Å²) in [5.41, 5.74) is 0. The van der Waals surface area contributed by atoms with E-state index in [1.165, 1.54) is 0 Å². The molecule has 90 valence electrons. The largest absolute Gasteiger partial charge is 0.214 e. The molecular weight excluding hydrogens is 210 g/mol. The molecule has 4 heteroatoms. The van der Waals surface area contributed by atoms with Crippen LogP contribution >= 0.6 is 0 Å². The molecular formula is C11H23NO2S.